The first kappa shape index (κ1) is 17.7. The van der Waals surface area contributed by atoms with Crippen molar-refractivity contribution < 1.29 is 0 Å². The number of fused-ring (bicyclic) bond motifs is 6. The summed E-state index contributed by atoms with van der Waals surface area (Å²) in [4.78, 5) is 29.2. The molecule has 0 aliphatic heterocycles. The summed E-state index contributed by atoms with van der Waals surface area (Å²) in [5.74, 6) is 0. The van der Waals surface area contributed by atoms with Crippen molar-refractivity contribution in [2.24, 2.45) is 0 Å². The first-order valence-electron chi connectivity index (χ1n) is 10.2. The van der Waals surface area contributed by atoms with Gasteiger partial charge in [0.15, 0.2) is 0 Å². The highest BCUT2D eigenvalue weighted by atomic mass is 16.1. The van der Waals surface area contributed by atoms with Crippen LogP contribution in [-0.4, -0.2) is 9.55 Å². The molecule has 2 heterocycles. The van der Waals surface area contributed by atoms with E-state index in [0.717, 1.165) is 38.3 Å². The molecule has 31 heavy (non-hydrogen) atoms. The third-order valence-corrected chi connectivity index (χ3v) is 6.02. The summed E-state index contributed by atoms with van der Waals surface area (Å²) >= 11 is 0. The Hall–Kier alpha value is -4.18. The van der Waals surface area contributed by atoms with Crippen LogP contribution in [0.2, 0.25) is 0 Å². The molecule has 0 aliphatic carbocycles. The molecule has 0 saturated heterocycles. The van der Waals surface area contributed by atoms with Gasteiger partial charge in [0.05, 0.1) is 16.7 Å². The molecule has 6 aromatic rings. The zero-order chi connectivity index (χ0) is 21.1. The number of nitrogens with zero attached hydrogens (tertiary/aromatic N) is 1. The van der Waals surface area contributed by atoms with Crippen LogP contribution in [0, 0.1) is 6.92 Å². The van der Waals surface area contributed by atoms with Crippen molar-refractivity contribution in [3.8, 4) is 5.69 Å². The van der Waals surface area contributed by atoms with E-state index in [9.17, 15) is 9.59 Å². The van der Waals surface area contributed by atoms with Crippen molar-refractivity contribution in [1.82, 2.24) is 9.55 Å². The maximum Gasteiger partial charge on any atom is 0.263 e. The molecule has 4 nitrogen and oxygen atoms in total. The van der Waals surface area contributed by atoms with E-state index in [0.29, 0.717) is 16.3 Å². The summed E-state index contributed by atoms with van der Waals surface area (Å²) in [6.45, 7) is 2.02. The standard InChI is InChI=1S/C27H18N2O2/c1-16-10-12-21-19-7-3-5-9-23(19)27(31)29(25(21)14-16)17-11-13-20-18-6-2-4-8-22(18)26(30)28-24(20)15-17/h2-15H,1H3,(H,28,30). The first-order valence-corrected chi connectivity index (χ1v) is 10.2. The van der Waals surface area contributed by atoms with Crippen molar-refractivity contribution in [3.63, 3.8) is 0 Å². The van der Waals surface area contributed by atoms with Crippen LogP contribution < -0.4 is 11.1 Å². The largest absolute Gasteiger partial charge is 0.321 e. The molecule has 0 bridgehead atoms. The Morgan fingerprint density at radius 1 is 0.645 bits per heavy atom. The molecule has 4 aromatic carbocycles. The fraction of sp³-hybridized carbons (Fsp3) is 0.0370. The Bertz CT molecular complexity index is 1790. The quantitative estimate of drug-likeness (QED) is 0.372. The summed E-state index contributed by atoms with van der Waals surface area (Å²) < 4.78 is 1.75. The number of aromatic amines is 1. The first-order chi connectivity index (χ1) is 15.1. The van der Waals surface area contributed by atoms with E-state index in [1.165, 1.54) is 0 Å². The monoisotopic (exact) mass is 402 g/mol. The molecular weight excluding hydrogens is 384 g/mol. The summed E-state index contributed by atoms with van der Waals surface area (Å²) in [7, 11) is 0. The molecule has 0 spiro atoms. The Morgan fingerprint density at radius 3 is 2.06 bits per heavy atom. The van der Waals surface area contributed by atoms with Gasteiger partial charge in [0.2, 0.25) is 0 Å². The van der Waals surface area contributed by atoms with Gasteiger partial charge in [0.25, 0.3) is 11.1 Å². The van der Waals surface area contributed by atoms with E-state index in [4.69, 9.17) is 0 Å². The fourth-order valence-corrected chi connectivity index (χ4v) is 4.56. The predicted molar refractivity (Wildman–Crippen MR) is 127 cm³/mol. The molecule has 2 aromatic heterocycles. The van der Waals surface area contributed by atoms with Crippen LogP contribution in [-0.2, 0) is 0 Å². The minimum Gasteiger partial charge on any atom is -0.321 e. The van der Waals surface area contributed by atoms with E-state index in [-0.39, 0.29) is 11.1 Å². The van der Waals surface area contributed by atoms with Crippen LogP contribution >= 0.6 is 0 Å². The van der Waals surface area contributed by atoms with Crippen LogP contribution in [0.15, 0.2) is 94.5 Å². The third kappa shape index (κ3) is 2.55. The van der Waals surface area contributed by atoms with Gasteiger partial charge in [-0.15, -0.1) is 0 Å². The highest BCUT2D eigenvalue weighted by Crippen LogP contribution is 2.28. The molecule has 0 amide bonds. The zero-order valence-electron chi connectivity index (χ0n) is 16.8. The molecule has 0 fully saturated rings. The highest BCUT2D eigenvalue weighted by molar-refractivity contribution is 6.07. The number of aromatic nitrogens is 2. The Labute approximate surface area is 177 Å². The number of hydrogen-bond donors (Lipinski definition) is 1. The van der Waals surface area contributed by atoms with Gasteiger partial charge >= 0.3 is 0 Å². The number of aryl methyl sites for hydroxylation is 1. The predicted octanol–water partition coefficient (Wildman–Crippen LogP) is 5.45. The number of H-pyrrole nitrogens is 1. The van der Waals surface area contributed by atoms with Gasteiger partial charge < -0.3 is 4.98 Å². The normalized spacial score (nSPS) is 11.6. The van der Waals surface area contributed by atoms with Gasteiger partial charge in [-0.25, -0.2) is 0 Å². The van der Waals surface area contributed by atoms with Crippen molar-refractivity contribution in [1.29, 1.82) is 0 Å². The molecule has 148 valence electrons. The van der Waals surface area contributed by atoms with Gasteiger partial charge in [0, 0.05) is 21.5 Å². The Morgan fingerprint density at radius 2 is 1.29 bits per heavy atom. The average molecular weight is 402 g/mol. The molecule has 0 atom stereocenters. The molecule has 4 heteroatoms. The summed E-state index contributed by atoms with van der Waals surface area (Å²) in [6, 6.07) is 27.3. The van der Waals surface area contributed by atoms with Gasteiger partial charge in [0.1, 0.15) is 0 Å². The van der Waals surface area contributed by atoms with Crippen LogP contribution in [0.5, 0.6) is 0 Å². The number of benzene rings is 4. The van der Waals surface area contributed by atoms with Crippen molar-refractivity contribution in [3.05, 3.63) is 111 Å². The molecule has 0 aliphatic rings. The van der Waals surface area contributed by atoms with Crippen LogP contribution in [0.1, 0.15) is 5.56 Å². The fourth-order valence-electron chi connectivity index (χ4n) is 4.56. The van der Waals surface area contributed by atoms with Gasteiger partial charge in [-0.2, -0.15) is 0 Å². The number of rotatable bonds is 1. The average Bonchev–Trinajstić information content (AvgIpc) is 2.79. The minimum absolute atomic E-state index is 0.0730. The van der Waals surface area contributed by atoms with Crippen molar-refractivity contribution in [2.75, 3.05) is 0 Å². The number of hydrogen-bond acceptors (Lipinski definition) is 2. The van der Waals surface area contributed by atoms with Gasteiger partial charge in [-0.3, -0.25) is 14.2 Å². The Balaban J connectivity index is 1.76. The molecule has 6 rings (SSSR count). The molecule has 0 saturated carbocycles. The number of pyridine rings is 2. The van der Waals surface area contributed by atoms with Crippen molar-refractivity contribution >= 4 is 43.4 Å². The second-order valence-electron chi connectivity index (χ2n) is 7.94. The smallest absolute Gasteiger partial charge is 0.263 e. The van der Waals surface area contributed by atoms with E-state index >= 15 is 0 Å². The van der Waals surface area contributed by atoms with Crippen LogP contribution in [0.25, 0.3) is 49.0 Å². The van der Waals surface area contributed by atoms with E-state index in [2.05, 4.69) is 17.1 Å². The lowest BCUT2D eigenvalue weighted by molar-refractivity contribution is 1.06. The molecule has 0 radical (unpaired) electrons. The summed E-state index contributed by atoms with van der Waals surface area (Å²) in [5, 5.41) is 5.15. The van der Waals surface area contributed by atoms with Crippen molar-refractivity contribution in [2.45, 2.75) is 6.92 Å². The lowest BCUT2D eigenvalue weighted by Crippen LogP contribution is -2.19. The summed E-state index contributed by atoms with van der Waals surface area (Å²) in [5.41, 5.74) is 3.16. The lowest BCUT2D eigenvalue weighted by Gasteiger charge is -2.15. The topological polar surface area (TPSA) is 54.9 Å². The molecule has 1 N–H and O–H groups in total. The van der Waals surface area contributed by atoms with E-state index in [1.54, 1.807) is 4.57 Å². The van der Waals surface area contributed by atoms with Gasteiger partial charge in [-0.05, 0) is 53.6 Å². The minimum atomic E-state index is -0.133. The zero-order valence-corrected chi connectivity index (χ0v) is 16.8. The maximum atomic E-state index is 13.6. The van der Waals surface area contributed by atoms with Crippen LogP contribution in [0.3, 0.4) is 0 Å². The second-order valence-corrected chi connectivity index (χ2v) is 7.94. The SMILES string of the molecule is Cc1ccc2c3ccccc3c(=O)n(-c3ccc4c(c3)[nH]c(=O)c3ccccc34)c2c1. The maximum absolute atomic E-state index is 13.6. The lowest BCUT2D eigenvalue weighted by atomic mass is 10.0. The third-order valence-electron chi connectivity index (χ3n) is 6.02. The van der Waals surface area contributed by atoms with E-state index in [1.807, 2.05) is 79.7 Å². The molecule has 0 unspecified atom stereocenters. The highest BCUT2D eigenvalue weighted by Gasteiger charge is 2.13. The second kappa shape index (κ2) is 6.41. The molecular formula is C27H18N2O2. The van der Waals surface area contributed by atoms with Gasteiger partial charge in [-0.1, -0.05) is 54.6 Å². The van der Waals surface area contributed by atoms with Crippen LogP contribution in [0.4, 0.5) is 0 Å². The number of nitrogens with one attached hydrogen (secondary N) is 1. The Kier molecular flexibility index (Phi) is 3.65. The summed E-state index contributed by atoms with van der Waals surface area (Å²) in [6.07, 6.45) is 0. The van der Waals surface area contributed by atoms with E-state index < -0.39 is 0 Å².